The van der Waals surface area contributed by atoms with Crippen molar-refractivity contribution in [3.63, 3.8) is 0 Å². The molecule has 3 nitrogen and oxygen atoms in total. The summed E-state index contributed by atoms with van der Waals surface area (Å²) in [6.07, 6.45) is 7.80. The number of rotatable bonds is 8. The van der Waals surface area contributed by atoms with E-state index in [2.05, 4.69) is 0 Å². The second-order valence-corrected chi connectivity index (χ2v) is 6.73. The zero-order valence-corrected chi connectivity index (χ0v) is 16.5. The second-order valence-electron chi connectivity index (χ2n) is 6.73. The molecule has 0 bridgehead atoms. The van der Waals surface area contributed by atoms with Gasteiger partial charge in [-0.3, -0.25) is 4.79 Å². The van der Waals surface area contributed by atoms with Crippen molar-refractivity contribution in [1.82, 2.24) is 0 Å². The molecule has 0 aliphatic rings. The fourth-order valence-electron chi connectivity index (χ4n) is 3.16. The van der Waals surface area contributed by atoms with E-state index in [1.165, 1.54) is 6.08 Å². The molecule has 29 heavy (non-hydrogen) atoms. The van der Waals surface area contributed by atoms with Crippen LogP contribution in [0.15, 0.2) is 78.9 Å². The number of benzene rings is 3. The van der Waals surface area contributed by atoms with Gasteiger partial charge in [-0.05, 0) is 40.5 Å². The molecule has 3 rings (SSSR count). The van der Waals surface area contributed by atoms with E-state index < -0.39 is 0 Å². The number of allylic oxidation sites excluding steroid dienone is 2. The molecule has 0 amide bonds. The molecule has 0 aliphatic carbocycles. The number of unbranched alkanes of at least 4 members (excludes halogenated alkanes) is 1. The van der Waals surface area contributed by atoms with Crippen LogP contribution in [0.5, 0.6) is 0 Å². The molecule has 0 aromatic heterocycles. The Labute approximate surface area is 171 Å². The van der Waals surface area contributed by atoms with Crippen molar-refractivity contribution in [3.05, 3.63) is 95.6 Å². The zero-order valence-electron chi connectivity index (χ0n) is 16.5. The molecule has 0 saturated carbocycles. The summed E-state index contributed by atoms with van der Waals surface area (Å²) in [5.41, 5.74) is 3.15. The lowest BCUT2D eigenvalue weighted by Crippen LogP contribution is -2.02. The van der Waals surface area contributed by atoms with E-state index in [4.69, 9.17) is 4.74 Å². The highest BCUT2D eigenvalue weighted by Gasteiger charge is 2.11. The Morgan fingerprint density at radius 1 is 0.931 bits per heavy atom. The molecule has 0 fully saturated rings. The molecule has 0 saturated heterocycles. The summed E-state index contributed by atoms with van der Waals surface area (Å²) in [7, 11) is 0. The van der Waals surface area contributed by atoms with Crippen LogP contribution in [0, 0.1) is 0 Å². The molecule has 0 heterocycles. The van der Waals surface area contributed by atoms with Crippen LogP contribution in [0.4, 0.5) is 0 Å². The molecule has 0 spiro atoms. The molecule has 3 aromatic carbocycles. The van der Waals surface area contributed by atoms with Gasteiger partial charge in [-0.15, -0.1) is 0 Å². The van der Waals surface area contributed by atoms with Crippen LogP contribution in [-0.2, 0) is 9.53 Å². The number of carbonyl (C=O) groups excluding carboxylic acids is 2. The number of hydrogen-bond donors (Lipinski definition) is 0. The van der Waals surface area contributed by atoms with Gasteiger partial charge in [-0.2, -0.15) is 0 Å². The SMILES string of the molecule is CCCCOC(=O)/C=C/C(=C/c1ccccc1)c1c(C=O)ccc2ccccc12. The van der Waals surface area contributed by atoms with Crippen molar-refractivity contribution in [2.45, 2.75) is 19.8 Å². The van der Waals surface area contributed by atoms with Crippen LogP contribution in [0.25, 0.3) is 22.4 Å². The van der Waals surface area contributed by atoms with Gasteiger partial charge in [0.15, 0.2) is 6.29 Å². The standard InChI is InChI=1S/C26H24O3/c1-2-3-17-29-25(28)16-15-22(18-20-9-5-4-6-10-20)26-23(19-27)14-13-21-11-7-8-12-24(21)26/h4-16,18-19H,2-3,17H2,1H3/b16-15+,22-18-. The summed E-state index contributed by atoms with van der Waals surface area (Å²) in [6.45, 7) is 2.46. The Morgan fingerprint density at radius 2 is 1.69 bits per heavy atom. The molecule has 0 radical (unpaired) electrons. The fourth-order valence-corrected chi connectivity index (χ4v) is 3.16. The number of fused-ring (bicyclic) bond motifs is 1. The van der Waals surface area contributed by atoms with Gasteiger partial charge < -0.3 is 4.74 Å². The normalized spacial score (nSPS) is 11.7. The number of esters is 1. The third-order valence-corrected chi connectivity index (χ3v) is 4.64. The molecular formula is C26H24O3. The smallest absolute Gasteiger partial charge is 0.330 e. The maximum atomic E-state index is 12.1. The molecule has 0 atom stereocenters. The third kappa shape index (κ3) is 5.29. The minimum Gasteiger partial charge on any atom is -0.463 e. The maximum Gasteiger partial charge on any atom is 0.330 e. The van der Waals surface area contributed by atoms with Crippen molar-refractivity contribution >= 4 is 34.7 Å². The Morgan fingerprint density at radius 3 is 2.45 bits per heavy atom. The predicted octanol–water partition coefficient (Wildman–Crippen LogP) is 6.09. The first kappa shape index (κ1) is 20.3. The summed E-state index contributed by atoms with van der Waals surface area (Å²) in [6, 6.07) is 21.5. The molecular weight excluding hydrogens is 360 g/mol. The third-order valence-electron chi connectivity index (χ3n) is 4.64. The van der Waals surface area contributed by atoms with Gasteiger partial charge >= 0.3 is 5.97 Å². The first-order chi connectivity index (χ1) is 14.2. The van der Waals surface area contributed by atoms with Crippen LogP contribution >= 0.6 is 0 Å². The highest BCUT2D eigenvalue weighted by atomic mass is 16.5. The lowest BCUT2D eigenvalue weighted by Gasteiger charge is -2.12. The lowest BCUT2D eigenvalue weighted by molar-refractivity contribution is -0.137. The van der Waals surface area contributed by atoms with Gasteiger partial charge in [-0.25, -0.2) is 4.79 Å². The predicted molar refractivity (Wildman–Crippen MR) is 119 cm³/mol. The first-order valence-electron chi connectivity index (χ1n) is 9.82. The van der Waals surface area contributed by atoms with Gasteiger partial charge in [0.05, 0.1) is 6.61 Å². The maximum absolute atomic E-state index is 12.1. The van der Waals surface area contributed by atoms with Crippen LogP contribution in [0.2, 0.25) is 0 Å². The van der Waals surface area contributed by atoms with Crippen LogP contribution in [0.3, 0.4) is 0 Å². The minimum atomic E-state index is -0.384. The Balaban J connectivity index is 2.09. The molecule has 146 valence electrons. The zero-order chi connectivity index (χ0) is 20.5. The molecule has 3 heteroatoms. The van der Waals surface area contributed by atoms with Crippen LogP contribution < -0.4 is 0 Å². The lowest BCUT2D eigenvalue weighted by atomic mass is 9.92. The van der Waals surface area contributed by atoms with E-state index in [1.807, 2.05) is 79.7 Å². The quantitative estimate of drug-likeness (QED) is 0.118. The fraction of sp³-hybridized carbons (Fsp3) is 0.154. The molecule has 0 aliphatic heterocycles. The van der Waals surface area contributed by atoms with E-state index in [-0.39, 0.29) is 5.97 Å². The minimum absolute atomic E-state index is 0.384. The average molecular weight is 384 g/mol. The Bertz CT molecular complexity index is 1050. The number of carbonyl (C=O) groups is 2. The summed E-state index contributed by atoms with van der Waals surface area (Å²) >= 11 is 0. The van der Waals surface area contributed by atoms with Gasteiger partial charge in [0, 0.05) is 17.2 Å². The monoisotopic (exact) mass is 384 g/mol. The van der Waals surface area contributed by atoms with Crippen LogP contribution in [0.1, 0.15) is 41.3 Å². The first-order valence-corrected chi connectivity index (χ1v) is 9.82. The second kappa shape index (κ2) is 10.2. The van der Waals surface area contributed by atoms with Gasteiger partial charge in [0.25, 0.3) is 0 Å². The van der Waals surface area contributed by atoms with Gasteiger partial charge in [0.2, 0.25) is 0 Å². The molecule has 3 aromatic rings. The number of hydrogen-bond acceptors (Lipinski definition) is 3. The highest BCUT2D eigenvalue weighted by Crippen LogP contribution is 2.30. The van der Waals surface area contributed by atoms with Crippen molar-refractivity contribution in [1.29, 1.82) is 0 Å². The van der Waals surface area contributed by atoms with E-state index in [9.17, 15) is 9.59 Å². The van der Waals surface area contributed by atoms with Crippen molar-refractivity contribution in [2.75, 3.05) is 6.61 Å². The summed E-state index contributed by atoms with van der Waals surface area (Å²) in [4.78, 5) is 23.9. The van der Waals surface area contributed by atoms with E-state index in [0.717, 1.165) is 46.6 Å². The van der Waals surface area contributed by atoms with E-state index in [0.29, 0.717) is 12.2 Å². The van der Waals surface area contributed by atoms with Gasteiger partial charge in [0.1, 0.15) is 0 Å². The van der Waals surface area contributed by atoms with E-state index >= 15 is 0 Å². The topological polar surface area (TPSA) is 43.4 Å². The van der Waals surface area contributed by atoms with E-state index in [1.54, 1.807) is 6.08 Å². The summed E-state index contributed by atoms with van der Waals surface area (Å²) < 4.78 is 5.24. The van der Waals surface area contributed by atoms with Crippen LogP contribution in [-0.4, -0.2) is 18.9 Å². The largest absolute Gasteiger partial charge is 0.463 e. The molecule has 0 unspecified atom stereocenters. The van der Waals surface area contributed by atoms with Crippen molar-refractivity contribution in [2.24, 2.45) is 0 Å². The number of ether oxygens (including phenoxy) is 1. The Kier molecular flexibility index (Phi) is 7.12. The number of aldehydes is 1. The average Bonchev–Trinajstić information content (AvgIpc) is 2.76. The van der Waals surface area contributed by atoms with Crippen molar-refractivity contribution < 1.29 is 14.3 Å². The summed E-state index contributed by atoms with van der Waals surface area (Å²) in [5.74, 6) is -0.384. The molecule has 0 N–H and O–H groups in total. The van der Waals surface area contributed by atoms with Gasteiger partial charge in [-0.1, -0.05) is 80.1 Å². The highest BCUT2D eigenvalue weighted by molar-refractivity contribution is 6.07. The Hall–Kier alpha value is -3.46. The summed E-state index contributed by atoms with van der Waals surface area (Å²) in [5, 5.41) is 1.99. The van der Waals surface area contributed by atoms with Crippen molar-refractivity contribution in [3.8, 4) is 0 Å².